The molecule has 0 saturated heterocycles. The lowest BCUT2D eigenvalue weighted by Gasteiger charge is -2.14. The second-order valence-corrected chi connectivity index (χ2v) is 7.06. The van der Waals surface area contributed by atoms with E-state index in [4.69, 9.17) is 0 Å². The number of amides is 1. The Bertz CT molecular complexity index is 973. The zero-order valence-electron chi connectivity index (χ0n) is 16.9. The monoisotopic (exact) mass is 375 g/mol. The first-order valence-electron chi connectivity index (χ1n) is 9.10. The molecule has 3 rings (SSSR count). The Labute approximate surface area is 165 Å². The summed E-state index contributed by atoms with van der Waals surface area (Å²) in [5.74, 6) is 0.117. The van der Waals surface area contributed by atoms with Crippen molar-refractivity contribution in [1.29, 1.82) is 0 Å². The number of nitrogens with one attached hydrogen (secondary N) is 2. The minimum Gasteiger partial charge on any atom is -0.378 e. The fourth-order valence-corrected chi connectivity index (χ4v) is 3.07. The van der Waals surface area contributed by atoms with Crippen LogP contribution in [0.15, 0.2) is 48.7 Å². The number of aryl methyl sites for hydroxylation is 3. The molecule has 2 aromatic carbocycles. The van der Waals surface area contributed by atoms with Crippen molar-refractivity contribution in [2.75, 3.05) is 29.6 Å². The third-order valence-corrected chi connectivity index (χ3v) is 4.44. The molecule has 6 heteroatoms. The van der Waals surface area contributed by atoms with Gasteiger partial charge in [0.1, 0.15) is 5.69 Å². The van der Waals surface area contributed by atoms with Gasteiger partial charge in [0.25, 0.3) is 5.91 Å². The van der Waals surface area contributed by atoms with Gasteiger partial charge in [0.05, 0.1) is 0 Å². The molecule has 0 spiro atoms. The van der Waals surface area contributed by atoms with Crippen LogP contribution >= 0.6 is 0 Å². The number of anilines is 4. The van der Waals surface area contributed by atoms with Crippen molar-refractivity contribution >= 4 is 28.9 Å². The van der Waals surface area contributed by atoms with Gasteiger partial charge in [-0.25, -0.2) is 9.97 Å². The summed E-state index contributed by atoms with van der Waals surface area (Å²) < 4.78 is 0. The minimum absolute atomic E-state index is 0.261. The Kier molecular flexibility index (Phi) is 5.59. The molecule has 0 fully saturated rings. The molecule has 0 aliphatic heterocycles. The van der Waals surface area contributed by atoms with Gasteiger partial charge < -0.3 is 15.5 Å². The average molecular weight is 375 g/mol. The predicted molar refractivity (Wildman–Crippen MR) is 115 cm³/mol. The van der Waals surface area contributed by atoms with E-state index >= 15 is 0 Å². The maximum atomic E-state index is 12.7. The van der Waals surface area contributed by atoms with Crippen LogP contribution in [0.4, 0.5) is 23.0 Å². The SMILES string of the molecule is Cc1cc(C)c(NC(=O)c2ccnc(Nc3ccc(N(C)C)cc3)n2)c(C)c1. The van der Waals surface area contributed by atoms with E-state index in [9.17, 15) is 4.79 Å². The molecule has 3 aromatic rings. The van der Waals surface area contributed by atoms with Gasteiger partial charge in [0.2, 0.25) is 5.95 Å². The van der Waals surface area contributed by atoms with E-state index in [2.05, 4.69) is 20.6 Å². The smallest absolute Gasteiger partial charge is 0.274 e. The molecule has 144 valence electrons. The standard InChI is InChI=1S/C22H25N5O/c1-14-12-15(2)20(16(3)13-14)26-21(28)19-10-11-23-22(25-19)24-17-6-8-18(9-7-17)27(4)5/h6-13H,1-5H3,(H,26,28)(H,23,24,25). The Balaban J connectivity index is 1.76. The summed E-state index contributed by atoms with van der Waals surface area (Å²) in [6.45, 7) is 6.01. The van der Waals surface area contributed by atoms with Gasteiger partial charge in [-0.2, -0.15) is 0 Å². The molecular weight excluding hydrogens is 350 g/mol. The van der Waals surface area contributed by atoms with Gasteiger partial charge in [0, 0.05) is 37.4 Å². The molecule has 2 N–H and O–H groups in total. The molecule has 0 atom stereocenters. The highest BCUT2D eigenvalue weighted by atomic mass is 16.1. The van der Waals surface area contributed by atoms with E-state index in [0.29, 0.717) is 11.6 Å². The summed E-state index contributed by atoms with van der Waals surface area (Å²) in [6.07, 6.45) is 1.58. The molecule has 0 aliphatic carbocycles. The Morgan fingerprint density at radius 2 is 1.61 bits per heavy atom. The minimum atomic E-state index is -0.261. The maximum Gasteiger partial charge on any atom is 0.274 e. The summed E-state index contributed by atoms with van der Waals surface area (Å²) in [6, 6.07) is 13.6. The summed E-state index contributed by atoms with van der Waals surface area (Å²) in [5.41, 5.74) is 6.31. The average Bonchev–Trinajstić information content (AvgIpc) is 2.65. The highest BCUT2D eigenvalue weighted by molar-refractivity contribution is 6.03. The normalized spacial score (nSPS) is 10.5. The van der Waals surface area contributed by atoms with E-state index in [1.54, 1.807) is 12.3 Å². The van der Waals surface area contributed by atoms with Gasteiger partial charge in [0.15, 0.2) is 0 Å². The summed E-state index contributed by atoms with van der Waals surface area (Å²) in [7, 11) is 3.98. The topological polar surface area (TPSA) is 70.2 Å². The Morgan fingerprint density at radius 1 is 0.964 bits per heavy atom. The summed E-state index contributed by atoms with van der Waals surface area (Å²) in [4.78, 5) is 23.3. The number of carbonyl (C=O) groups is 1. The zero-order chi connectivity index (χ0) is 20.3. The largest absolute Gasteiger partial charge is 0.378 e. The number of benzene rings is 2. The van der Waals surface area contributed by atoms with Crippen molar-refractivity contribution in [3.8, 4) is 0 Å². The van der Waals surface area contributed by atoms with Gasteiger partial charge in [-0.3, -0.25) is 4.79 Å². The lowest BCUT2D eigenvalue weighted by molar-refractivity contribution is 0.102. The van der Waals surface area contributed by atoms with Gasteiger partial charge in [-0.1, -0.05) is 17.7 Å². The highest BCUT2D eigenvalue weighted by Crippen LogP contribution is 2.23. The maximum absolute atomic E-state index is 12.7. The molecule has 0 bridgehead atoms. The quantitative estimate of drug-likeness (QED) is 0.689. The molecule has 28 heavy (non-hydrogen) atoms. The lowest BCUT2D eigenvalue weighted by atomic mass is 10.1. The number of aromatic nitrogens is 2. The van der Waals surface area contributed by atoms with Gasteiger partial charge in [-0.15, -0.1) is 0 Å². The van der Waals surface area contributed by atoms with Crippen molar-refractivity contribution in [1.82, 2.24) is 9.97 Å². The first-order valence-corrected chi connectivity index (χ1v) is 9.10. The number of rotatable bonds is 5. The van der Waals surface area contributed by atoms with E-state index in [-0.39, 0.29) is 5.91 Å². The van der Waals surface area contributed by atoms with Crippen LogP contribution in [-0.4, -0.2) is 30.0 Å². The van der Waals surface area contributed by atoms with E-state index < -0.39 is 0 Å². The number of hydrogen-bond acceptors (Lipinski definition) is 5. The molecule has 0 radical (unpaired) electrons. The summed E-state index contributed by atoms with van der Waals surface area (Å²) in [5, 5.41) is 6.11. The second-order valence-electron chi connectivity index (χ2n) is 7.06. The van der Waals surface area contributed by atoms with E-state index in [0.717, 1.165) is 28.2 Å². The molecule has 0 unspecified atom stereocenters. The Morgan fingerprint density at radius 3 is 2.21 bits per heavy atom. The number of carbonyl (C=O) groups excluding carboxylic acids is 1. The van der Waals surface area contributed by atoms with E-state index in [1.807, 2.05) is 76.2 Å². The van der Waals surface area contributed by atoms with Crippen LogP contribution in [0.1, 0.15) is 27.2 Å². The second kappa shape index (κ2) is 8.08. The first-order chi connectivity index (χ1) is 13.3. The van der Waals surface area contributed by atoms with Crippen LogP contribution in [-0.2, 0) is 0 Å². The van der Waals surface area contributed by atoms with E-state index in [1.165, 1.54) is 5.56 Å². The van der Waals surface area contributed by atoms with Crippen LogP contribution in [0, 0.1) is 20.8 Å². The zero-order valence-corrected chi connectivity index (χ0v) is 16.9. The molecule has 1 aromatic heterocycles. The van der Waals surface area contributed by atoms with Crippen molar-refractivity contribution < 1.29 is 4.79 Å². The fourth-order valence-electron chi connectivity index (χ4n) is 3.07. The van der Waals surface area contributed by atoms with Crippen molar-refractivity contribution in [3.05, 3.63) is 71.0 Å². The Hall–Kier alpha value is -3.41. The van der Waals surface area contributed by atoms with Crippen LogP contribution in [0.5, 0.6) is 0 Å². The summed E-state index contributed by atoms with van der Waals surface area (Å²) >= 11 is 0. The molecule has 6 nitrogen and oxygen atoms in total. The van der Waals surface area contributed by atoms with Crippen molar-refractivity contribution in [3.63, 3.8) is 0 Å². The van der Waals surface area contributed by atoms with Gasteiger partial charge >= 0.3 is 0 Å². The van der Waals surface area contributed by atoms with Crippen molar-refractivity contribution in [2.45, 2.75) is 20.8 Å². The third-order valence-electron chi connectivity index (χ3n) is 4.44. The van der Waals surface area contributed by atoms with Crippen LogP contribution in [0.3, 0.4) is 0 Å². The number of hydrogen-bond donors (Lipinski definition) is 2. The number of nitrogens with zero attached hydrogens (tertiary/aromatic N) is 3. The van der Waals surface area contributed by atoms with Crippen LogP contribution < -0.4 is 15.5 Å². The van der Waals surface area contributed by atoms with Crippen molar-refractivity contribution in [2.24, 2.45) is 0 Å². The van der Waals surface area contributed by atoms with Crippen LogP contribution in [0.25, 0.3) is 0 Å². The first kappa shape index (κ1) is 19.4. The third kappa shape index (κ3) is 4.46. The molecule has 0 aliphatic rings. The molecule has 1 amide bonds. The van der Waals surface area contributed by atoms with Crippen LogP contribution in [0.2, 0.25) is 0 Å². The molecular formula is C22H25N5O. The van der Waals surface area contributed by atoms with Gasteiger partial charge in [-0.05, 0) is 62.2 Å². The lowest BCUT2D eigenvalue weighted by Crippen LogP contribution is -2.16. The molecule has 1 heterocycles. The predicted octanol–water partition coefficient (Wildman–Crippen LogP) is 4.46. The fraction of sp³-hybridized carbons (Fsp3) is 0.227. The molecule has 0 saturated carbocycles. The highest BCUT2D eigenvalue weighted by Gasteiger charge is 2.13.